The van der Waals surface area contributed by atoms with Crippen molar-refractivity contribution in [3.63, 3.8) is 0 Å². The number of hydrogen-bond donors (Lipinski definition) is 1. The zero-order valence-corrected chi connectivity index (χ0v) is 7.17. The second kappa shape index (κ2) is 3.65. The second-order valence-electron chi connectivity index (χ2n) is 2.37. The standard InChI is InChI=1S/C5H12NO4P/c1-9-11(7,8)6-5-2-3-10-4-5/h5H,2-4H2,1H3,(H2,6,7,8)/p-1. The molecule has 1 saturated heterocycles. The van der Waals surface area contributed by atoms with Crippen molar-refractivity contribution in [1.82, 2.24) is 5.09 Å². The molecule has 0 bridgehead atoms. The minimum absolute atomic E-state index is 0.113. The molecule has 2 unspecified atom stereocenters. The molecule has 0 amide bonds. The zero-order chi connectivity index (χ0) is 8.32. The molecule has 66 valence electrons. The van der Waals surface area contributed by atoms with Gasteiger partial charge in [-0.25, -0.2) is 0 Å². The van der Waals surface area contributed by atoms with Gasteiger partial charge in [0.2, 0.25) is 7.75 Å². The number of rotatable bonds is 3. The Morgan fingerprint density at radius 3 is 3.00 bits per heavy atom. The van der Waals surface area contributed by atoms with E-state index in [9.17, 15) is 9.46 Å². The van der Waals surface area contributed by atoms with Crippen LogP contribution in [0.2, 0.25) is 0 Å². The molecule has 0 spiro atoms. The van der Waals surface area contributed by atoms with Crippen molar-refractivity contribution >= 4 is 7.75 Å². The van der Waals surface area contributed by atoms with Crippen LogP contribution >= 0.6 is 7.75 Å². The molecular weight excluding hydrogens is 169 g/mol. The molecule has 1 N–H and O–H groups in total. The first-order valence-electron chi connectivity index (χ1n) is 3.36. The van der Waals surface area contributed by atoms with Gasteiger partial charge < -0.3 is 14.2 Å². The van der Waals surface area contributed by atoms with E-state index in [1.807, 2.05) is 0 Å². The summed E-state index contributed by atoms with van der Waals surface area (Å²) in [6.45, 7) is 1.05. The molecule has 11 heavy (non-hydrogen) atoms. The van der Waals surface area contributed by atoms with Crippen molar-refractivity contribution in [2.24, 2.45) is 0 Å². The topological polar surface area (TPSA) is 70.6 Å². The van der Waals surface area contributed by atoms with Crippen LogP contribution in [0.1, 0.15) is 6.42 Å². The average molecular weight is 180 g/mol. The van der Waals surface area contributed by atoms with Crippen molar-refractivity contribution in [1.29, 1.82) is 0 Å². The van der Waals surface area contributed by atoms with Gasteiger partial charge in [-0.15, -0.1) is 0 Å². The van der Waals surface area contributed by atoms with E-state index in [1.165, 1.54) is 0 Å². The maximum Gasteiger partial charge on any atom is 0.204 e. The molecule has 0 aromatic rings. The maximum absolute atomic E-state index is 10.8. The first kappa shape index (κ1) is 9.16. The van der Waals surface area contributed by atoms with Crippen molar-refractivity contribution in [2.75, 3.05) is 20.3 Å². The highest BCUT2D eigenvalue weighted by molar-refractivity contribution is 7.49. The second-order valence-corrected chi connectivity index (χ2v) is 3.99. The van der Waals surface area contributed by atoms with Crippen LogP contribution in [0.25, 0.3) is 0 Å². The summed E-state index contributed by atoms with van der Waals surface area (Å²) in [5.74, 6) is 0. The molecule has 1 rings (SSSR count). The first-order chi connectivity index (χ1) is 5.14. The maximum atomic E-state index is 10.8. The molecule has 1 heterocycles. The Balaban J connectivity index is 2.34. The van der Waals surface area contributed by atoms with Gasteiger partial charge in [0, 0.05) is 19.8 Å². The Bertz CT molecular complexity index is 168. The Hall–Kier alpha value is 0.0700. The molecule has 0 aromatic heterocycles. The fraction of sp³-hybridized carbons (Fsp3) is 1.00. The van der Waals surface area contributed by atoms with Gasteiger partial charge in [-0.2, -0.15) is 0 Å². The van der Waals surface area contributed by atoms with Gasteiger partial charge in [-0.1, -0.05) is 0 Å². The molecule has 5 nitrogen and oxygen atoms in total. The van der Waals surface area contributed by atoms with E-state index in [2.05, 4.69) is 9.61 Å². The Morgan fingerprint density at radius 1 is 1.82 bits per heavy atom. The van der Waals surface area contributed by atoms with Crippen LogP contribution in [-0.2, 0) is 13.8 Å². The molecule has 1 aliphatic rings. The summed E-state index contributed by atoms with van der Waals surface area (Å²) in [5, 5.41) is 2.36. The minimum atomic E-state index is -3.80. The van der Waals surface area contributed by atoms with Gasteiger partial charge in [0.15, 0.2) is 0 Å². The van der Waals surface area contributed by atoms with Crippen LogP contribution in [0.3, 0.4) is 0 Å². The smallest absolute Gasteiger partial charge is 0.204 e. The first-order valence-corrected chi connectivity index (χ1v) is 4.90. The van der Waals surface area contributed by atoms with Gasteiger partial charge in [0.05, 0.1) is 6.61 Å². The molecule has 0 aliphatic carbocycles. The zero-order valence-electron chi connectivity index (χ0n) is 6.28. The lowest BCUT2D eigenvalue weighted by Crippen LogP contribution is -2.31. The molecule has 0 saturated carbocycles. The monoisotopic (exact) mass is 180 g/mol. The van der Waals surface area contributed by atoms with Crippen LogP contribution in [0.4, 0.5) is 0 Å². The summed E-state index contributed by atoms with van der Waals surface area (Å²) in [7, 11) is -2.67. The van der Waals surface area contributed by atoms with Gasteiger partial charge in [0.1, 0.15) is 0 Å². The Labute approximate surface area is 65.3 Å². The van der Waals surface area contributed by atoms with Crippen molar-refractivity contribution in [2.45, 2.75) is 12.5 Å². The van der Waals surface area contributed by atoms with Crippen molar-refractivity contribution < 1.29 is 18.7 Å². The summed E-state index contributed by atoms with van der Waals surface area (Å²) in [5.41, 5.74) is 0. The molecule has 1 aliphatic heterocycles. The van der Waals surface area contributed by atoms with E-state index in [-0.39, 0.29) is 6.04 Å². The lowest BCUT2D eigenvalue weighted by atomic mass is 10.3. The lowest BCUT2D eigenvalue weighted by Gasteiger charge is -2.24. The lowest BCUT2D eigenvalue weighted by molar-refractivity contribution is -0.200. The summed E-state index contributed by atoms with van der Waals surface area (Å²) >= 11 is 0. The van der Waals surface area contributed by atoms with Crippen LogP contribution in [0.15, 0.2) is 0 Å². The molecular formula is C5H11NO4P-. The fourth-order valence-electron chi connectivity index (χ4n) is 0.913. The van der Waals surface area contributed by atoms with E-state index in [4.69, 9.17) is 4.74 Å². The predicted molar refractivity (Wildman–Crippen MR) is 37.0 cm³/mol. The summed E-state index contributed by atoms with van der Waals surface area (Å²) in [4.78, 5) is 10.8. The molecule has 0 radical (unpaired) electrons. The van der Waals surface area contributed by atoms with E-state index < -0.39 is 7.75 Å². The molecule has 0 aromatic carbocycles. The third kappa shape index (κ3) is 2.89. The Kier molecular flexibility index (Phi) is 3.04. The van der Waals surface area contributed by atoms with Crippen molar-refractivity contribution in [3.8, 4) is 0 Å². The predicted octanol–water partition coefficient (Wildman–Crippen LogP) is -0.520. The van der Waals surface area contributed by atoms with Gasteiger partial charge in [0.25, 0.3) is 0 Å². The van der Waals surface area contributed by atoms with Crippen LogP contribution in [-0.4, -0.2) is 26.4 Å². The third-order valence-electron chi connectivity index (χ3n) is 1.51. The van der Waals surface area contributed by atoms with E-state index in [1.54, 1.807) is 0 Å². The minimum Gasteiger partial charge on any atom is -0.766 e. The largest absolute Gasteiger partial charge is 0.766 e. The highest BCUT2D eigenvalue weighted by Gasteiger charge is 2.19. The fourth-order valence-corrected chi connectivity index (χ4v) is 1.67. The normalized spacial score (nSPS) is 30.2. The van der Waals surface area contributed by atoms with E-state index in [0.29, 0.717) is 13.2 Å². The van der Waals surface area contributed by atoms with Gasteiger partial charge in [-0.3, -0.25) is 9.65 Å². The number of nitrogens with one attached hydrogen (secondary N) is 1. The van der Waals surface area contributed by atoms with Crippen LogP contribution < -0.4 is 9.98 Å². The summed E-state index contributed by atoms with van der Waals surface area (Å²) in [6.07, 6.45) is 0.718. The van der Waals surface area contributed by atoms with E-state index >= 15 is 0 Å². The van der Waals surface area contributed by atoms with Crippen molar-refractivity contribution in [3.05, 3.63) is 0 Å². The van der Waals surface area contributed by atoms with Crippen LogP contribution in [0, 0.1) is 0 Å². The molecule has 2 atom stereocenters. The summed E-state index contributed by atoms with van der Waals surface area (Å²) < 4.78 is 20.0. The van der Waals surface area contributed by atoms with E-state index in [0.717, 1.165) is 13.5 Å². The van der Waals surface area contributed by atoms with Gasteiger partial charge in [-0.05, 0) is 6.42 Å². The third-order valence-corrected chi connectivity index (χ3v) is 2.67. The highest BCUT2D eigenvalue weighted by Crippen LogP contribution is 2.31. The Morgan fingerprint density at radius 2 is 2.55 bits per heavy atom. The SMILES string of the molecule is COP(=O)([O-])NC1CCOC1. The highest BCUT2D eigenvalue weighted by atomic mass is 31.2. The molecule has 6 heteroatoms. The molecule has 1 fully saturated rings. The summed E-state index contributed by atoms with van der Waals surface area (Å²) in [6, 6.07) is -0.113. The average Bonchev–Trinajstić information content (AvgIpc) is 2.39. The number of hydrogen-bond acceptors (Lipinski definition) is 4. The van der Waals surface area contributed by atoms with Crippen LogP contribution in [0.5, 0.6) is 0 Å². The van der Waals surface area contributed by atoms with Gasteiger partial charge >= 0.3 is 0 Å². The quantitative estimate of drug-likeness (QED) is 0.591. The number of ether oxygens (including phenoxy) is 1.